The summed E-state index contributed by atoms with van der Waals surface area (Å²) in [6, 6.07) is 6.76. The molecule has 0 heterocycles. The van der Waals surface area contributed by atoms with E-state index in [0.717, 1.165) is 31.7 Å². The van der Waals surface area contributed by atoms with Crippen LogP contribution >= 0.6 is 0 Å². The Hall–Kier alpha value is -0.930. The zero-order valence-corrected chi connectivity index (χ0v) is 12.7. The largest absolute Gasteiger partial charge is 0.316 e. The van der Waals surface area contributed by atoms with Gasteiger partial charge in [0, 0.05) is 19.6 Å². The van der Waals surface area contributed by atoms with E-state index in [2.05, 4.69) is 38.0 Å². The number of hydrogen-bond acceptors (Lipinski definition) is 2. The number of rotatable bonds is 8. The smallest absolute Gasteiger partial charge is 0.123 e. The minimum Gasteiger partial charge on any atom is -0.316 e. The van der Waals surface area contributed by atoms with Crippen LogP contribution < -0.4 is 5.32 Å². The summed E-state index contributed by atoms with van der Waals surface area (Å²) in [5.41, 5.74) is 1.39. The van der Waals surface area contributed by atoms with Crippen LogP contribution in [0.4, 0.5) is 4.39 Å². The lowest BCUT2D eigenvalue weighted by Crippen LogP contribution is -2.39. The molecule has 0 bridgehead atoms. The van der Waals surface area contributed by atoms with E-state index in [-0.39, 0.29) is 11.2 Å². The molecule has 0 saturated carbocycles. The summed E-state index contributed by atoms with van der Waals surface area (Å²) in [6.07, 6.45) is 1.17. The number of hydrogen-bond donors (Lipinski definition) is 1. The lowest BCUT2D eigenvalue weighted by Gasteiger charge is -2.30. The van der Waals surface area contributed by atoms with E-state index in [1.165, 1.54) is 18.6 Å². The molecule has 0 unspecified atom stereocenters. The molecule has 1 aromatic rings. The molecular formula is C16H27FN2. The molecule has 1 aromatic carbocycles. The molecule has 0 aromatic heterocycles. The van der Waals surface area contributed by atoms with E-state index in [1.807, 2.05) is 12.1 Å². The van der Waals surface area contributed by atoms with E-state index >= 15 is 0 Å². The lowest BCUT2D eigenvalue weighted by atomic mass is 9.92. The van der Waals surface area contributed by atoms with Gasteiger partial charge in [0.05, 0.1) is 0 Å². The van der Waals surface area contributed by atoms with Crippen molar-refractivity contribution in [3.05, 3.63) is 35.6 Å². The molecule has 0 spiro atoms. The van der Waals surface area contributed by atoms with Crippen LogP contribution in [0.2, 0.25) is 0 Å². The molecule has 0 aliphatic rings. The highest BCUT2D eigenvalue weighted by atomic mass is 19.1. The van der Waals surface area contributed by atoms with Crippen molar-refractivity contribution in [3.63, 3.8) is 0 Å². The second-order valence-corrected chi connectivity index (χ2v) is 6.14. The van der Waals surface area contributed by atoms with Gasteiger partial charge in [-0.3, -0.25) is 0 Å². The van der Waals surface area contributed by atoms with Gasteiger partial charge in [0.1, 0.15) is 5.82 Å². The van der Waals surface area contributed by atoms with Crippen molar-refractivity contribution in [3.8, 4) is 0 Å². The Morgan fingerprint density at radius 2 is 1.84 bits per heavy atom. The van der Waals surface area contributed by atoms with Gasteiger partial charge in [-0.15, -0.1) is 0 Å². The third-order valence-corrected chi connectivity index (χ3v) is 3.09. The molecule has 2 nitrogen and oxygen atoms in total. The SMILES string of the molecule is CCCNCC(C)(C)CN(C)Cc1ccc(F)cc1. The topological polar surface area (TPSA) is 15.3 Å². The minimum atomic E-state index is -0.171. The van der Waals surface area contributed by atoms with Crippen molar-refractivity contribution in [2.75, 3.05) is 26.7 Å². The van der Waals surface area contributed by atoms with Gasteiger partial charge < -0.3 is 10.2 Å². The van der Waals surface area contributed by atoms with Crippen molar-refractivity contribution in [1.29, 1.82) is 0 Å². The van der Waals surface area contributed by atoms with E-state index < -0.39 is 0 Å². The Morgan fingerprint density at radius 3 is 2.42 bits per heavy atom. The summed E-state index contributed by atoms with van der Waals surface area (Å²) in [5, 5.41) is 3.48. The second-order valence-electron chi connectivity index (χ2n) is 6.14. The Morgan fingerprint density at radius 1 is 1.21 bits per heavy atom. The highest BCUT2D eigenvalue weighted by molar-refractivity contribution is 5.15. The number of nitrogens with zero attached hydrogens (tertiary/aromatic N) is 1. The monoisotopic (exact) mass is 266 g/mol. The maximum atomic E-state index is 12.8. The van der Waals surface area contributed by atoms with Gasteiger partial charge in [0.2, 0.25) is 0 Å². The molecule has 1 N–H and O–H groups in total. The van der Waals surface area contributed by atoms with Crippen molar-refractivity contribution in [1.82, 2.24) is 10.2 Å². The summed E-state index contributed by atoms with van der Waals surface area (Å²) in [7, 11) is 2.12. The first-order valence-corrected chi connectivity index (χ1v) is 7.06. The first-order valence-electron chi connectivity index (χ1n) is 7.06. The van der Waals surface area contributed by atoms with Crippen LogP contribution in [0, 0.1) is 11.2 Å². The average molecular weight is 266 g/mol. The van der Waals surface area contributed by atoms with Gasteiger partial charge in [-0.05, 0) is 43.1 Å². The third kappa shape index (κ3) is 6.69. The molecule has 0 saturated heterocycles. The van der Waals surface area contributed by atoms with Gasteiger partial charge in [-0.1, -0.05) is 32.9 Å². The Kier molecular flexibility index (Phi) is 6.46. The molecule has 0 amide bonds. The molecule has 0 fully saturated rings. The molecule has 1 rings (SSSR count). The zero-order valence-electron chi connectivity index (χ0n) is 12.7. The number of halogens is 1. The second kappa shape index (κ2) is 7.61. The molecule has 0 radical (unpaired) electrons. The Bertz CT molecular complexity index is 360. The van der Waals surface area contributed by atoms with E-state index in [1.54, 1.807) is 0 Å². The fraction of sp³-hybridized carbons (Fsp3) is 0.625. The summed E-state index contributed by atoms with van der Waals surface area (Å²) < 4.78 is 12.8. The molecule has 0 aliphatic heterocycles. The van der Waals surface area contributed by atoms with Gasteiger partial charge >= 0.3 is 0 Å². The molecular weight excluding hydrogens is 239 g/mol. The van der Waals surface area contributed by atoms with Crippen LogP contribution in [0.5, 0.6) is 0 Å². The summed E-state index contributed by atoms with van der Waals surface area (Å²) in [6.45, 7) is 10.7. The normalized spacial score (nSPS) is 12.1. The van der Waals surface area contributed by atoms with Crippen molar-refractivity contribution < 1.29 is 4.39 Å². The van der Waals surface area contributed by atoms with Crippen molar-refractivity contribution in [2.45, 2.75) is 33.7 Å². The Labute approximate surface area is 117 Å². The van der Waals surface area contributed by atoms with Gasteiger partial charge in [0.25, 0.3) is 0 Å². The van der Waals surface area contributed by atoms with Crippen LogP contribution in [0.1, 0.15) is 32.8 Å². The predicted molar refractivity (Wildman–Crippen MR) is 79.7 cm³/mol. The summed E-state index contributed by atoms with van der Waals surface area (Å²) in [4.78, 5) is 2.29. The first kappa shape index (κ1) is 16.1. The van der Waals surface area contributed by atoms with Crippen LogP contribution in [-0.2, 0) is 6.54 Å². The summed E-state index contributed by atoms with van der Waals surface area (Å²) >= 11 is 0. The van der Waals surface area contributed by atoms with Crippen LogP contribution in [-0.4, -0.2) is 31.6 Å². The standard InChI is InChI=1S/C16H27FN2/c1-5-10-18-12-16(2,3)13-19(4)11-14-6-8-15(17)9-7-14/h6-9,18H,5,10-13H2,1-4H3. The fourth-order valence-corrected chi connectivity index (χ4v) is 2.35. The van der Waals surface area contributed by atoms with Gasteiger partial charge in [-0.2, -0.15) is 0 Å². The van der Waals surface area contributed by atoms with E-state index in [0.29, 0.717) is 0 Å². The van der Waals surface area contributed by atoms with Crippen molar-refractivity contribution >= 4 is 0 Å². The van der Waals surface area contributed by atoms with Gasteiger partial charge in [-0.25, -0.2) is 4.39 Å². The fourth-order valence-electron chi connectivity index (χ4n) is 2.35. The number of nitrogens with one attached hydrogen (secondary N) is 1. The third-order valence-electron chi connectivity index (χ3n) is 3.09. The van der Waals surface area contributed by atoms with Crippen molar-refractivity contribution in [2.24, 2.45) is 5.41 Å². The van der Waals surface area contributed by atoms with Gasteiger partial charge in [0.15, 0.2) is 0 Å². The predicted octanol–water partition coefficient (Wildman–Crippen LogP) is 3.28. The van der Waals surface area contributed by atoms with E-state index in [4.69, 9.17) is 0 Å². The maximum absolute atomic E-state index is 12.8. The quantitative estimate of drug-likeness (QED) is 0.726. The molecule has 0 atom stereocenters. The van der Waals surface area contributed by atoms with Crippen LogP contribution in [0.25, 0.3) is 0 Å². The highest BCUT2D eigenvalue weighted by Crippen LogP contribution is 2.16. The lowest BCUT2D eigenvalue weighted by molar-refractivity contribution is 0.199. The zero-order chi connectivity index (χ0) is 14.3. The Balaban J connectivity index is 2.40. The molecule has 0 aliphatic carbocycles. The molecule has 108 valence electrons. The van der Waals surface area contributed by atoms with E-state index in [9.17, 15) is 4.39 Å². The number of benzene rings is 1. The maximum Gasteiger partial charge on any atom is 0.123 e. The van der Waals surface area contributed by atoms with Crippen LogP contribution in [0.3, 0.4) is 0 Å². The minimum absolute atomic E-state index is 0.171. The highest BCUT2D eigenvalue weighted by Gasteiger charge is 2.19. The molecule has 3 heteroatoms. The average Bonchev–Trinajstić information content (AvgIpc) is 2.31. The molecule has 19 heavy (non-hydrogen) atoms. The summed E-state index contributed by atoms with van der Waals surface area (Å²) in [5.74, 6) is -0.171. The van der Waals surface area contributed by atoms with Crippen LogP contribution in [0.15, 0.2) is 24.3 Å². The first-order chi connectivity index (χ1) is 8.93.